The highest BCUT2D eigenvalue weighted by molar-refractivity contribution is 5.76. The van der Waals surface area contributed by atoms with E-state index in [0.29, 0.717) is 23.3 Å². The van der Waals surface area contributed by atoms with Crippen molar-refractivity contribution >= 4 is 5.91 Å². The Labute approximate surface area is 111 Å². The van der Waals surface area contributed by atoms with Crippen LogP contribution in [0.25, 0.3) is 0 Å². The standard InChI is InChI=1S/C15H28N2O/c1-15(2)8-9-17(11-15)14(18)7-6-12-4-3-5-13(16)10-12/h12-13H,3-11,16H2,1-2H3. The number of carbonyl (C=O) groups is 1. The summed E-state index contributed by atoms with van der Waals surface area (Å²) in [5, 5.41) is 0. The lowest BCUT2D eigenvalue weighted by Crippen LogP contribution is -2.32. The van der Waals surface area contributed by atoms with Crippen LogP contribution in [0, 0.1) is 11.3 Å². The van der Waals surface area contributed by atoms with E-state index in [1.54, 1.807) is 0 Å². The largest absolute Gasteiger partial charge is 0.342 e. The third-order valence-corrected chi connectivity index (χ3v) is 4.62. The maximum Gasteiger partial charge on any atom is 0.222 e. The molecule has 1 saturated carbocycles. The van der Waals surface area contributed by atoms with Crippen LogP contribution in [0.15, 0.2) is 0 Å². The molecule has 1 aliphatic heterocycles. The van der Waals surface area contributed by atoms with Crippen LogP contribution in [0.1, 0.15) is 58.8 Å². The number of carbonyl (C=O) groups excluding carboxylic acids is 1. The fourth-order valence-electron chi connectivity index (χ4n) is 3.41. The third-order valence-electron chi connectivity index (χ3n) is 4.62. The Bertz CT molecular complexity index is 301. The molecule has 0 bridgehead atoms. The summed E-state index contributed by atoms with van der Waals surface area (Å²) in [5.74, 6) is 1.05. The molecule has 0 aromatic rings. The first-order valence-electron chi connectivity index (χ1n) is 7.50. The SMILES string of the molecule is CC1(C)CCN(C(=O)CCC2CCCC(N)C2)C1. The minimum atomic E-state index is 0.322. The van der Waals surface area contributed by atoms with Crippen molar-refractivity contribution < 1.29 is 4.79 Å². The van der Waals surface area contributed by atoms with E-state index < -0.39 is 0 Å². The van der Waals surface area contributed by atoms with E-state index in [4.69, 9.17) is 5.73 Å². The summed E-state index contributed by atoms with van der Waals surface area (Å²) < 4.78 is 0. The highest BCUT2D eigenvalue weighted by Crippen LogP contribution is 2.31. The second-order valence-electron chi connectivity index (χ2n) is 7.06. The monoisotopic (exact) mass is 252 g/mol. The Morgan fingerprint density at radius 3 is 2.78 bits per heavy atom. The fourth-order valence-corrected chi connectivity index (χ4v) is 3.41. The van der Waals surface area contributed by atoms with Gasteiger partial charge in [-0.2, -0.15) is 0 Å². The molecule has 104 valence electrons. The summed E-state index contributed by atoms with van der Waals surface area (Å²) in [5.41, 5.74) is 6.32. The van der Waals surface area contributed by atoms with Gasteiger partial charge in [-0.25, -0.2) is 0 Å². The predicted molar refractivity (Wildman–Crippen MR) is 74.1 cm³/mol. The topological polar surface area (TPSA) is 46.3 Å². The Morgan fingerprint density at radius 1 is 1.39 bits per heavy atom. The third kappa shape index (κ3) is 3.71. The molecule has 2 fully saturated rings. The van der Waals surface area contributed by atoms with Crippen LogP contribution < -0.4 is 5.73 Å². The van der Waals surface area contributed by atoms with Gasteiger partial charge in [-0.1, -0.05) is 26.7 Å². The first kappa shape index (κ1) is 13.9. The van der Waals surface area contributed by atoms with Gasteiger partial charge in [0.15, 0.2) is 0 Å². The predicted octanol–water partition coefficient (Wildman–Crippen LogP) is 2.54. The van der Waals surface area contributed by atoms with Crippen LogP contribution >= 0.6 is 0 Å². The zero-order valence-electron chi connectivity index (χ0n) is 12.0. The minimum Gasteiger partial charge on any atom is -0.342 e. The summed E-state index contributed by atoms with van der Waals surface area (Å²) in [4.78, 5) is 14.2. The summed E-state index contributed by atoms with van der Waals surface area (Å²) in [6.07, 6.45) is 7.73. The molecule has 2 N–H and O–H groups in total. The van der Waals surface area contributed by atoms with E-state index >= 15 is 0 Å². The zero-order chi connectivity index (χ0) is 13.2. The van der Waals surface area contributed by atoms with Crippen molar-refractivity contribution in [3.8, 4) is 0 Å². The number of hydrogen-bond donors (Lipinski definition) is 1. The molecule has 3 heteroatoms. The molecular formula is C15H28N2O. The Hall–Kier alpha value is -0.570. The van der Waals surface area contributed by atoms with Gasteiger partial charge >= 0.3 is 0 Å². The van der Waals surface area contributed by atoms with Crippen LogP contribution in [-0.2, 0) is 4.79 Å². The number of hydrogen-bond acceptors (Lipinski definition) is 2. The van der Waals surface area contributed by atoms with E-state index in [-0.39, 0.29) is 0 Å². The van der Waals surface area contributed by atoms with Gasteiger partial charge in [0.1, 0.15) is 0 Å². The van der Waals surface area contributed by atoms with E-state index in [1.807, 2.05) is 0 Å². The van der Waals surface area contributed by atoms with Crippen molar-refractivity contribution in [2.24, 2.45) is 17.1 Å². The zero-order valence-corrected chi connectivity index (χ0v) is 12.0. The van der Waals surface area contributed by atoms with Gasteiger partial charge in [0.05, 0.1) is 0 Å². The number of nitrogens with zero attached hydrogens (tertiary/aromatic N) is 1. The van der Waals surface area contributed by atoms with E-state index in [9.17, 15) is 4.79 Å². The number of likely N-dealkylation sites (tertiary alicyclic amines) is 1. The highest BCUT2D eigenvalue weighted by atomic mass is 16.2. The van der Waals surface area contributed by atoms with Crippen LogP contribution in [-0.4, -0.2) is 29.9 Å². The smallest absolute Gasteiger partial charge is 0.222 e. The molecule has 2 aliphatic rings. The first-order valence-corrected chi connectivity index (χ1v) is 7.50. The molecule has 1 saturated heterocycles. The van der Waals surface area contributed by atoms with Crippen molar-refractivity contribution in [1.29, 1.82) is 0 Å². The van der Waals surface area contributed by atoms with Gasteiger partial charge in [0, 0.05) is 25.6 Å². The summed E-state index contributed by atoms with van der Waals surface area (Å²) in [7, 11) is 0. The average molecular weight is 252 g/mol. The molecule has 1 aliphatic carbocycles. The fraction of sp³-hybridized carbons (Fsp3) is 0.933. The molecule has 2 atom stereocenters. The molecule has 1 amide bonds. The van der Waals surface area contributed by atoms with Crippen LogP contribution in [0.3, 0.4) is 0 Å². The van der Waals surface area contributed by atoms with Crippen LogP contribution in [0.2, 0.25) is 0 Å². The molecule has 0 aromatic heterocycles. The van der Waals surface area contributed by atoms with Crippen LogP contribution in [0.5, 0.6) is 0 Å². The molecule has 3 nitrogen and oxygen atoms in total. The van der Waals surface area contributed by atoms with Gasteiger partial charge in [-0.05, 0) is 37.0 Å². The molecule has 0 radical (unpaired) electrons. The first-order chi connectivity index (χ1) is 8.46. The number of rotatable bonds is 3. The van der Waals surface area contributed by atoms with E-state index in [1.165, 1.54) is 19.3 Å². The van der Waals surface area contributed by atoms with Crippen LogP contribution in [0.4, 0.5) is 0 Å². The molecule has 2 rings (SSSR count). The van der Waals surface area contributed by atoms with Gasteiger partial charge in [-0.3, -0.25) is 4.79 Å². The van der Waals surface area contributed by atoms with E-state index in [2.05, 4.69) is 18.7 Å². The lowest BCUT2D eigenvalue weighted by molar-refractivity contribution is -0.130. The summed E-state index contributed by atoms with van der Waals surface area (Å²) >= 11 is 0. The minimum absolute atomic E-state index is 0.322. The van der Waals surface area contributed by atoms with Crippen molar-refractivity contribution in [2.45, 2.75) is 64.8 Å². The molecule has 18 heavy (non-hydrogen) atoms. The van der Waals surface area contributed by atoms with Crippen molar-refractivity contribution in [3.05, 3.63) is 0 Å². The highest BCUT2D eigenvalue weighted by Gasteiger charge is 2.32. The maximum absolute atomic E-state index is 12.2. The maximum atomic E-state index is 12.2. The second-order valence-corrected chi connectivity index (χ2v) is 7.06. The van der Waals surface area contributed by atoms with Crippen molar-refractivity contribution in [1.82, 2.24) is 4.90 Å². The second kappa shape index (κ2) is 5.60. The van der Waals surface area contributed by atoms with Crippen molar-refractivity contribution in [3.63, 3.8) is 0 Å². The Balaban J connectivity index is 1.72. The lowest BCUT2D eigenvalue weighted by atomic mass is 9.83. The molecule has 0 spiro atoms. The number of amides is 1. The average Bonchev–Trinajstić information content (AvgIpc) is 2.67. The van der Waals surface area contributed by atoms with Gasteiger partial charge < -0.3 is 10.6 Å². The molecular weight excluding hydrogens is 224 g/mol. The summed E-state index contributed by atoms with van der Waals surface area (Å²) in [6, 6.07) is 0.379. The Kier molecular flexibility index (Phi) is 4.31. The van der Waals surface area contributed by atoms with Gasteiger partial charge in [0.2, 0.25) is 5.91 Å². The quantitative estimate of drug-likeness (QED) is 0.839. The van der Waals surface area contributed by atoms with Gasteiger partial charge in [0.25, 0.3) is 0 Å². The molecule has 2 unspecified atom stereocenters. The lowest BCUT2D eigenvalue weighted by Gasteiger charge is -2.27. The Morgan fingerprint density at radius 2 is 2.17 bits per heavy atom. The molecule has 0 aromatic carbocycles. The van der Waals surface area contributed by atoms with Gasteiger partial charge in [-0.15, -0.1) is 0 Å². The number of nitrogens with two attached hydrogens (primary N) is 1. The van der Waals surface area contributed by atoms with E-state index in [0.717, 1.165) is 38.8 Å². The normalized spacial score (nSPS) is 31.6. The molecule has 1 heterocycles. The summed E-state index contributed by atoms with van der Waals surface area (Å²) in [6.45, 7) is 6.40. The van der Waals surface area contributed by atoms with Crippen molar-refractivity contribution in [2.75, 3.05) is 13.1 Å².